The molecule has 122 valence electrons. The van der Waals surface area contributed by atoms with Gasteiger partial charge in [-0.15, -0.1) is 0 Å². The average molecular weight is 398 g/mol. The van der Waals surface area contributed by atoms with Gasteiger partial charge < -0.3 is 15.8 Å². The summed E-state index contributed by atoms with van der Waals surface area (Å²) < 4.78 is 6.29. The summed E-state index contributed by atoms with van der Waals surface area (Å²) in [6, 6.07) is 7.17. The lowest BCUT2D eigenvalue weighted by Gasteiger charge is -2.13. The Kier molecular flexibility index (Phi) is 5.55. The summed E-state index contributed by atoms with van der Waals surface area (Å²) in [4.78, 5) is 12.1. The fourth-order valence-electron chi connectivity index (χ4n) is 2.24. The Morgan fingerprint density at radius 2 is 1.78 bits per heavy atom. The van der Waals surface area contributed by atoms with Gasteiger partial charge in [0, 0.05) is 15.2 Å². The second-order valence-corrected chi connectivity index (χ2v) is 6.63. The number of amides is 1. The molecule has 4 nitrogen and oxygen atoms in total. The minimum absolute atomic E-state index is 0.0865. The van der Waals surface area contributed by atoms with Crippen LogP contribution in [0, 0.1) is 20.8 Å². The van der Waals surface area contributed by atoms with E-state index in [0.717, 1.165) is 21.2 Å². The van der Waals surface area contributed by atoms with Crippen LogP contribution in [0.3, 0.4) is 0 Å². The molecule has 0 fully saturated rings. The zero-order chi connectivity index (χ0) is 17.1. The molecule has 3 N–H and O–H groups in total. The summed E-state index contributed by atoms with van der Waals surface area (Å²) in [5, 5.41) is 3.54. The van der Waals surface area contributed by atoms with Gasteiger partial charge >= 0.3 is 0 Å². The third-order valence-electron chi connectivity index (χ3n) is 3.35. The van der Waals surface area contributed by atoms with Gasteiger partial charge in [0.1, 0.15) is 5.75 Å². The topological polar surface area (TPSA) is 64.3 Å². The Balaban J connectivity index is 2.04. The maximum atomic E-state index is 12.1. The van der Waals surface area contributed by atoms with Gasteiger partial charge in [0.2, 0.25) is 0 Å². The van der Waals surface area contributed by atoms with E-state index in [9.17, 15) is 4.79 Å². The van der Waals surface area contributed by atoms with Gasteiger partial charge in [-0.2, -0.15) is 0 Å². The largest absolute Gasteiger partial charge is 0.484 e. The number of rotatable bonds is 4. The summed E-state index contributed by atoms with van der Waals surface area (Å²) >= 11 is 9.52. The molecule has 0 aromatic heterocycles. The summed E-state index contributed by atoms with van der Waals surface area (Å²) in [5.41, 5.74) is 9.79. The smallest absolute Gasteiger partial charge is 0.262 e. The summed E-state index contributed by atoms with van der Waals surface area (Å²) in [7, 11) is 0. The highest BCUT2D eigenvalue weighted by Gasteiger charge is 2.11. The molecule has 0 atom stereocenters. The van der Waals surface area contributed by atoms with Gasteiger partial charge in [0.05, 0.1) is 5.69 Å². The Labute approximate surface area is 149 Å². The first-order chi connectivity index (χ1) is 10.8. The van der Waals surface area contributed by atoms with E-state index in [-0.39, 0.29) is 12.5 Å². The third-order valence-corrected chi connectivity index (χ3v) is 4.58. The Bertz CT molecular complexity index is 716. The van der Waals surface area contributed by atoms with Crippen molar-refractivity contribution in [2.24, 2.45) is 0 Å². The van der Waals surface area contributed by atoms with E-state index in [1.165, 1.54) is 0 Å². The van der Waals surface area contributed by atoms with E-state index in [0.29, 0.717) is 22.1 Å². The van der Waals surface area contributed by atoms with Gasteiger partial charge in [0.15, 0.2) is 6.61 Å². The molecular weight excluding hydrogens is 380 g/mol. The molecule has 0 saturated heterocycles. The fourth-order valence-corrected chi connectivity index (χ4v) is 3.03. The van der Waals surface area contributed by atoms with Crippen LogP contribution in [-0.2, 0) is 4.79 Å². The van der Waals surface area contributed by atoms with Crippen LogP contribution in [0.4, 0.5) is 11.4 Å². The second-order valence-electron chi connectivity index (χ2n) is 5.40. The number of anilines is 2. The van der Waals surface area contributed by atoms with E-state index in [1.807, 2.05) is 32.9 Å². The van der Waals surface area contributed by atoms with Gasteiger partial charge in [-0.3, -0.25) is 4.79 Å². The third kappa shape index (κ3) is 4.39. The average Bonchev–Trinajstić information content (AvgIpc) is 2.46. The van der Waals surface area contributed by atoms with Crippen LogP contribution in [0.5, 0.6) is 5.75 Å². The fraction of sp³-hybridized carbons (Fsp3) is 0.235. The number of hydrogen-bond acceptors (Lipinski definition) is 3. The van der Waals surface area contributed by atoms with E-state index < -0.39 is 0 Å². The van der Waals surface area contributed by atoms with Crippen LogP contribution in [-0.4, -0.2) is 12.5 Å². The zero-order valence-electron chi connectivity index (χ0n) is 13.2. The molecule has 2 aromatic carbocycles. The van der Waals surface area contributed by atoms with E-state index in [1.54, 1.807) is 12.1 Å². The Hall–Kier alpha value is -1.72. The van der Waals surface area contributed by atoms with Crippen LogP contribution in [0.25, 0.3) is 0 Å². The number of halogens is 2. The standard InChI is InChI=1S/C17H18BrClN2O2/c1-9-5-13(6-10(2)16(9)19)23-8-15(22)21-17-11(3)4-12(20)7-14(17)18/h4-7H,8,20H2,1-3H3,(H,21,22). The van der Waals surface area contributed by atoms with Crippen molar-refractivity contribution in [2.45, 2.75) is 20.8 Å². The quantitative estimate of drug-likeness (QED) is 0.739. The van der Waals surface area contributed by atoms with E-state index >= 15 is 0 Å². The van der Waals surface area contributed by atoms with E-state index in [2.05, 4.69) is 21.2 Å². The lowest BCUT2D eigenvalue weighted by atomic mass is 10.1. The van der Waals surface area contributed by atoms with Crippen LogP contribution < -0.4 is 15.8 Å². The highest BCUT2D eigenvalue weighted by molar-refractivity contribution is 9.10. The number of benzene rings is 2. The Morgan fingerprint density at radius 1 is 1.17 bits per heavy atom. The molecule has 0 aliphatic rings. The number of ether oxygens (including phenoxy) is 1. The first kappa shape index (κ1) is 17.6. The first-order valence-corrected chi connectivity index (χ1v) is 8.20. The summed E-state index contributed by atoms with van der Waals surface area (Å²) in [6.07, 6.45) is 0. The van der Waals surface area contributed by atoms with Crippen molar-refractivity contribution in [3.63, 3.8) is 0 Å². The van der Waals surface area contributed by atoms with Crippen molar-refractivity contribution in [3.8, 4) is 5.75 Å². The maximum absolute atomic E-state index is 12.1. The van der Waals surface area contributed by atoms with Crippen LogP contribution in [0.15, 0.2) is 28.7 Å². The molecule has 0 aliphatic carbocycles. The van der Waals surface area contributed by atoms with Crippen LogP contribution in [0.1, 0.15) is 16.7 Å². The number of carbonyl (C=O) groups excluding carboxylic acids is 1. The second kappa shape index (κ2) is 7.23. The van der Waals surface area contributed by atoms with Crippen molar-refractivity contribution in [1.82, 2.24) is 0 Å². The first-order valence-electron chi connectivity index (χ1n) is 7.03. The highest BCUT2D eigenvalue weighted by Crippen LogP contribution is 2.29. The number of nitrogens with two attached hydrogens (primary N) is 1. The summed E-state index contributed by atoms with van der Waals surface area (Å²) in [5.74, 6) is 0.372. The number of nitrogens with one attached hydrogen (secondary N) is 1. The van der Waals surface area contributed by atoms with Crippen molar-refractivity contribution in [1.29, 1.82) is 0 Å². The van der Waals surface area contributed by atoms with Gasteiger partial charge in [-0.05, 0) is 77.7 Å². The van der Waals surface area contributed by atoms with Gasteiger partial charge in [-0.1, -0.05) is 11.6 Å². The molecule has 0 heterocycles. The molecule has 23 heavy (non-hydrogen) atoms. The molecule has 0 aliphatic heterocycles. The van der Waals surface area contributed by atoms with Crippen molar-refractivity contribution < 1.29 is 9.53 Å². The minimum atomic E-state index is -0.246. The maximum Gasteiger partial charge on any atom is 0.262 e. The molecule has 0 unspecified atom stereocenters. The SMILES string of the molecule is Cc1cc(OCC(=O)Nc2c(C)cc(N)cc2Br)cc(C)c1Cl. The van der Waals surface area contributed by atoms with Crippen LogP contribution >= 0.6 is 27.5 Å². The van der Waals surface area contributed by atoms with Gasteiger partial charge in [0.25, 0.3) is 5.91 Å². The molecule has 2 aromatic rings. The van der Waals surface area contributed by atoms with Gasteiger partial charge in [-0.25, -0.2) is 0 Å². The van der Waals surface area contributed by atoms with Crippen molar-refractivity contribution >= 4 is 44.8 Å². The Morgan fingerprint density at radius 3 is 2.35 bits per heavy atom. The summed E-state index contributed by atoms with van der Waals surface area (Å²) in [6.45, 7) is 5.59. The van der Waals surface area contributed by atoms with E-state index in [4.69, 9.17) is 22.1 Å². The molecule has 1 amide bonds. The number of carbonyl (C=O) groups is 1. The molecule has 0 spiro atoms. The highest BCUT2D eigenvalue weighted by atomic mass is 79.9. The molecule has 0 radical (unpaired) electrons. The lowest BCUT2D eigenvalue weighted by Crippen LogP contribution is -2.21. The molecule has 2 rings (SSSR count). The molecule has 0 bridgehead atoms. The number of nitrogen functional groups attached to an aromatic ring is 1. The molecule has 6 heteroatoms. The molecular formula is C17H18BrClN2O2. The lowest BCUT2D eigenvalue weighted by molar-refractivity contribution is -0.118. The van der Waals surface area contributed by atoms with Crippen molar-refractivity contribution in [2.75, 3.05) is 17.7 Å². The predicted molar refractivity (Wildman–Crippen MR) is 98.3 cm³/mol. The normalized spacial score (nSPS) is 10.5. The van der Waals surface area contributed by atoms with Crippen molar-refractivity contribution in [3.05, 3.63) is 50.5 Å². The monoisotopic (exact) mass is 396 g/mol. The molecule has 0 saturated carbocycles. The van der Waals surface area contributed by atoms with Crippen LogP contribution in [0.2, 0.25) is 5.02 Å². The zero-order valence-corrected chi connectivity index (χ0v) is 15.5. The number of aryl methyl sites for hydroxylation is 3. The number of hydrogen-bond donors (Lipinski definition) is 2. The predicted octanol–water partition coefficient (Wildman–Crippen LogP) is 4.63. The minimum Gasteiger partial charge on any atom is -0.484 e.